The van der Waals surface area contributed by atoms with Gasteiger partial charge in [0.1, 0.15) is 16.9 Å². The zero-order valence-electron chi connectivity index (χ0n) is 26.5. The maximum atomic E-state index is 13.8. The number of ether oxygens (including phenoxy) is 1. The number of fused-ring (bicyclic) bond motifs is 4. The molecule has 2 amide bonds. The molecule has 2 saturated heterocycles. The Morgan fingerprint density at radius 1 is 1.07 bits per heavy atom. The number of benzene rings is 1. The van der Waals surface area contributed by atoms with Crippen molar-refractivity contribution in [3.63, 3.8) is 0 Å². The summed E-state index contributed by atoms with van der Waals surface area (Å²) >= 11 is 0. The number of nitrogens with one attached hydrogen (secondary N) is 1. The van der Waals surface area contributed by atoms with E-state index in [1.165, 1.54) is 0 Å². The molecule has 1 saturated carbocycles. The molecule has 4 aromatic rings. The van der Waals surface area contributed by atoms with Gasteiger partial charge in [0.2, 0.25) is 5.91 Å². The molecule has 3 aliphatic heterocycles. The number of hydrogen-bond acceptors (Lipinski definition) is 6. The van der Waals surface area contributed by atoms with Gasteiger partial charge in [-0.1, -0.05) is 19.3 Å². The van der Waals surface area contributed by atoms with Crippen molar-refractivity contribution in [3.8, 4) is 17.3 Å². The number of pyridine rings is 1. The second-order valence-corrected chi connectivity index (χ2v) is 13.9. The van der Waals surface area contributed by atoms with Crippen LogP contribution in [-0.4, -0.2) is 61.1 Å². The number of imidazole rings is 1. The van der Waals surface area contributed by atoms with Crippen molar-refractivity contribution in [1.82, 2.24) is 29.3 Å². The molecule has 3 fully saturated rings. The zero-order valence-corrected chi connectivity index (χ0v) is 26.5. The number of nitrogens with zero attached hydrogens (tertiary/aromatic N) is 5. The van der Waals surface area contributed by atoms with Gasteiger partial charge in [-0.05, 0) is 82.2 Å². The summed E-state index contributed by atoms with van der Waals surface area (Å²) in [5.41, 5.74) is 11.1. The molecule has 45 heavy (non-hydrogen) atoms. The zero-order chi connectivity index (χ0) is 31.0. The van der Waals surface area contributed by atoms with Crippen molar-refractivity contribution in [1.29, 1.82) is 0 Å². The van der Waals surface area contributed by atoms with Crippen LogP contribution in [0.15, 0.2) is 30.3 Å². The van der Waals surface area contributed by atoms with Crippen LogP contribution in [0.5, 0.6) is 5.75 Å². The van der Waals surface area contributed by atoms with Crippen molar-refractivity contribution in [3.05, 3.63) is 41.6 Å². The molecule has 0 unspecified atom stereocenters. The van der Waals surface area contributed by atoms with E-state index in [2.05, 4.69) is 26.6 Å². The molecule has 4 atom stereocenters. The van der Waals surface area contributed by atoms with E-state index in [0.29, 0.717) is 11.3 Å². The Kier molecular flexibility index (Phi) is 6.71. The number of aromatic nitrogens is 4. The Balaban J connectivity index is 1.20. The van der Waals surface area contributed by atoms with Crippen LogP contribution >= 0.6 is 0 Å². The SMILES string of the molecule is COc1cc(C(=O)N2[C@H]3CC[C@@H]2[C@H](N)C3)cc2nc(-c3cc4ccc5nc4n3CCCCCCC3(CC3)C(=O)N[C@@H]5C)n(C)c12. The first kappa shape index (κ1) is 28.5. The Labute approximate surface area is 263 Å². The number of rotatable bonds is 3. The third-order valence-corrected chi connectivity index (χ3v) is 11.1. The van der Waals surface area contributed by atoms with Crippen LogP contribution in [0.25, 0.3) is 33.6 Å². The molecule has 0 radical (unpaired) electrons. The van der Waals surface area contributed by atoms with Crippen LogP contribution in [0, 0.1) is 5.41 Å². The molecule has 4 aliphatic rings. The molecule has 3 N–H and O–H groups in total. The van der Waals surface area contributed by atoms with Crippen molar-refractivity contribution < 1.29 is 14.3 Å². The summed E-state index contributed by atoms with van der Waals surface area (Å²) < 4.78 is 10.2. The maximum Gasteiger partial charge on any atom is 0.254 e. The molecule has 8 rings (SSSR count). The number of hydrogen-bond donors (Lipinski definition) is 2. The van der Waals surface area contributed by atoms with Crippen LogP contribution in [0.4, 0.5) is 0 Å². The molecule has 1 aromatic carbocycles. The predicted octanol–water partition coefficient (Wildman–Crippen LogP) is 5.22. The van der Waals surface area contributed by atoms with E-state index in [-0.39, 0.29) is 41.4 Å². The number of nitrogens with two attached hydrogens (primary N) is 1. The molecule has 3 aromatic heterocycles. The minimum Gasteiger partial charge on any atom is -0.494 e. The van der Waals surface area contributed by atoms with E-state index < -0.39 is 0 Å². The second kappa shape index (κ2) is 10.6. The van der Waals surface area contributed by atoms with Gasteiger partial charge >= 0.3 is 0 Å². The molecule has 10 heteroatoms. The van der Waals surface area contributed by atoms with Gasteiger partial charge in [0, 0.05) is 48.1 Å². The molecule has 1 aliphatic carbocycles. The Morgan fingerprint density at radius 3 is 2.62 bits per heavy atom. The van der Waals surface area contributed by atoms with Gasteiger partial charge in [0.05, 0.1) is 30.1 Å². The summed E-state index contributed by atoms with van der Waals surface area (Å²) in [5, 5.41) is 4.31. The largest absolute Gasteiger partial charge is 0.494 e. The van der Waals surface area contributed by atoms with E-state index in [4.69, 9.17) is 20.4 Å². The predicted molar refractivity (Wildman–Crippen MR) is 173 cm³/mol. The molecular weight excluding hydrogens is 566 g/mol. The van der Waals surface area contributed by atoms with Crippen LogP contribution in [0.1, 0.15) is 93.2 Å². The lowest BCUT2D eigenvalue weighted by molar-refractivity contribution is -0.127. The lowest BCUT2D eigenvalue weighted by Crippen LogP contribution is -2.40. The highest BCUT2D eigenvalue weighted by Gasteiger charge is 2.49. The Morgan fingerprint density at radius 2 is 1.89 bits per heavy atom. The van der Waals surface area contributed by atoms with E-state index in [1.807, 2.05) is 37.1 Å². The normalized spacial score (nSPS) is 26.1. The topological polar surface area (TPSA) is 120 Å². The molecule has 1 spiro atoms. The van der Waals surface area contributed by atoms with Gasteiger partial charge < -0.3 is 29.8 Å². The molecule has 6 heterocycles. The van der Waals surface area contributed by atoms with E-state index in [0.717, 1.165) is 110 Å². The average molecular weight is 610 g/mol. The van der Waals surface area contributed by atoms with Gasteiger partial charge in [0.25, 0.3) is 5.91 Å². The van der Waals surface area contributed by atoms with Gasteiger partial charge in [-0.3, -0.25) is 9.59 Å². The molecule has 236 valence electrons. The highest BCUT2D eigenvalue weighted by Crippen LogP contribution is 2.50. The third-order valence-electron chi connectivity index (χ3n) is 11.1. The fourth-order valence-electron chi connectivity index (χ4n) is 8.37. The van der Waals surface area contributed by atoms with Crippen molar-refractivity contribution in [2.75, 3.05) is 7.11 Å². The number of carbonyl (C=O) groups is 2. The molecule has 10 nitrogen and oxygen atoms in total. The smallest absolute Gasteiger partial charge is 0.254 e. The molecular formula is C35H43N7O3. The first-order chi connectivity index (χ1) is 21.8. The summed E-state index contributed by atoms with van der Waals surface area (Å²) in [6.45, 7) is 2.85. The lowest BCUT2D eigenvalue weighted by Gasteiger charge is -2.23. The van der Waals surface area contributed by atoms with Gasteiger partial charge in [0.15, 0.2) is 5.82 Å². The van der Waals surface area contributed by atoms with Gasteiger partial charge in [-0.15, -0.1) is 0 Å². The average Bonchev–Trinajstić information content (AvgIpc) is 3.27. The number of aryl methyl sites for hydroxylation is 2. The van der Waals surface area contributed by atoms with Crippen LogP contribution < -0.4 is 15.8 Å². The lowest BCUT2D eigenvalue weighted by atomic mass is 9.96. The van der Waals surface area contributed by atoms with Crippen LogP contribution in [-0.2, 0) is 18.4 Å². The van der Waals surface area contributed by atoms with E-state index in [1.54, 1.807) is 7.11 Å². The second-order valence-electron chi connectivity index (χ2n) is 13.9. The third kappa shape index (κ3) is 4.55. The van der Waals surface area contributed by atoms with E-state index >= 15 is 0 Å². The highest BCUT2D eigenvalue weighted by molar-refractivity contribution is 6.00. The standard InChI is InChI=1S/C35H43N7O3/c1-20-25-10-8-21-17-28(41(31(21)38-25)15-7-5-4-6-12-35(13-14-35)34(44)37-20)32-39-26-16-22(18-29(45-3)30(26)40(32)2)33(43)42-23-9-11-27(42)24(36)19-23/h8,10,16-18,20,23-24,27H,4-7,9,11-15,19,36H2,1-3H3,(H,37,44)/t20-,23+,24-,27-/m1/s1. The minimum absolute atomic E-state index is 0.00988. The number of amides is 2. The van der Waals surface area contributed by atoms with Crippen LogP contribution in [0.3, 0.4) is 0 Å². The van der Waals surface area contributed by atoms with Gasteiger partial charge in [-0.25, -0.2) is 9.97 Å². The van der Waals surface area contributed by atoms with E-state index in [9.17, 15) is 9.59 Å². The fourth-order valence-corrected chi connectivity index (χ4v) is 8.37. The summed E-state index contributed by atoms with van der Waals surface area (Å²) in [4.78, 5) is 39.3. The summed E-state index contributed by atoms with van der Waals surface area (Å²) in [7, 11) is 3.65. The Hall–Kier alpha value is -3.92. The number of methoxy groups -OCH3 is 1. The maximum absolute atomic E-state index is 13.8. The quantitative estimate of drug-likeness (QED) is 0.329. The first-order valence-corrected chi connectivity index (χ1v) is 16.7. The molecule has 4 bridgehead atoms. The van der Waals surface area contributed by atoms with Crippen LogP contribution in [0.2, 0.25) is 0 Å². The summed E-state index contributed by atoms with van der Waals surface area (Å²) in [6.07, 6.45) is 10.1. The first-order valence-electron chi connectivity index (χ1n) is 16.7. The van der Waals surface area contributed by atoms with Gasteiger partial charge in [-0.2, -0.15) is 0 Å². The Bertz CT molecular complexity index is 1840. The fraction of sp³-hybridized carbons (Fsp3) is 0.543. The summed E-state index contributed by atoms with van der Waals surface area (Å²) in [5.74, 6) is 1.62. The van der Waals surface area contributed by atoms with Crippen molar-refractivity contribution >= 4 is 33.9 Å². The van der Waals surface area contributed by atoms with Crippen molar-refractivity contribution in [2.45, 2.75) is 102 Å². The number of carbonyl (C=O) groups excluding carboxylic acids is 2. The van der Waals surface area contributed by atoms with Crippen molar-refractivity contribution in [2.24, 2.45) is 18.2 Å². The minimum atomic E-state index is -0.175. The summed E-state index contributed by atoms with van der Waals surface area (Å²) in [6, 6.07) is 10.3. The monoisotopic (exact) mass is 609 g/mol. The highest BCUT2D eigenvalue weighted by atomic mass is 16.5.